The van der Waals surface area contributed by atoms with Gasteiger partial charge in [-0.1, -0.05) is 30.3 Å². The molecule has 21 heavy (non-hydrogen) atoms. The molecule has 4 heteroatoms. The van der Waals surface area contributed by atoms with Crippen molar-refractivity contribution in [2.24, 2.45) is 0 Å². The van der Waals surface area contributed by atoms with Crippen LogP contribution in [0.5, 0.6) is 0 Å². The summed E-state index contributed by atoms with van der Waals surface area (Å²) in [4.78, 5) is 8.77. The Morgan fingerprint density at radius 3 is 2.48 bits per heavy atom. The Balaban J connectivity index is 2.01. The highest BCUT2D eigenvalue weighted by Gasteiger charge is 2.18. The Bertz CT molecular complexity index is 579. The highest BCUT2D eigenvalue weighted by molar-refractivity contribution is 5.43. The first-order chi connectivity index (χ1) is 9.98. The van der Waals surface area contributed by atoms with Crippen LogP contribution in [0.25, 0.3) is 0 Å². The lowest BCUT2D eigenvalue weighted by molar-refractivity contribution is 0.516. The van der Waals surface area contributed by atoms with Crippen LogP contribution >= 0.6 is 0 Å². The summed E-state index contributed by atoms with van der Waals surface area (Å²) < 4.78 is 0. The number of rotatable bonds is 6. The highest BCUT2D eigenvalue weighted by atomic mass is 15.1. The standard InChI is InChI=1S/C17H24N4/c1-13-12-15(20-16(18-4)19-13)21-17(2,3)11-10-14-8-6-5-7-9-14/h5-9,12H,10-11H2,1-4H3,(H2,18,19,20,21). The van der Waals surface area contributed by atoms with E-state index in [1.807, 2.05) is 20.0 Å². The normalized spacial score (nSPS) is 11.2. The molecule has 0 saturated heterocycles. The first-order valence-corrected chi connectivity index (χ1v) is 7.34. The third-order valence-corrected chi connectivity index (χ3v) is 3.43. The number of anilines is 2. The molecule has 1 aromatic heterocycles. The van der Waals surface area contributed by atoms with Crippen LogP contribution < -0.4 is 10.6 Å². The molecule has 0 spiro atoms. The number of nitrogens with zero attached hydrogens (tertiary/aromatic N) is 2. The molecule has 0 atom stereocenters. The van der Waals surface area contributed by atoms with Crippen LogP contribution in [-0.2, 0) is 6.42 Å². The minimum Gasteiger partial charge on any atom is -0.365 e. The van der Waals surface area contributed by atoms with Gasteiger partial charge in [-0.2, -0.15) is 4.98 Å². The van der Waals surface area contributed by atoms with Crippen molar-refractivity contribution in [3.63, 3.8) is 0 Å². The summed E-state index contributed by atoms with van der Waals surface area (Å²) >= 11 is 0. The molecule has 0 aliphatic carbocycles. The van der Waals surface area contributed by atoms with E-state index in [0.29, 0.717) is 5.95 Å². The molecular weight excluding hydrogens is 260 g/mol. The van der Waals surface area contributed by atoms with Crippen molar-refractivity contribution < 1.29 is 0 Å². The quantitative estimate of drug-likeness (QED) is 0.850. The van der Waals surface area contributed by atoms with Crippen LogP contribution in [-0.4, -0.2) is 22.6 Å². The largest absolute Gasteiger partial charge is 0.365 e. The smallest absolute Gasteiger partial charge is 0.224 e. The van der Waals surface area contributed by atoms with Crippen molar-refractivity contribution in [3.8, 4) is 0 Å². The summed E-state index contributed by atoms with van der Waals surface area (Å²) in [6.07, 6.45) is 2.08. The molecular formula is C17H24N4. The van der Waals surface area contributed by atoms with Crippen LogP contribution in [0.4, 0.5) is 11.8 Å². The van der Waals surface area contributed by atoms with Gasteiger partial charge in [-0.3, -0.25) is 0 Å². The van der Waals surface area contributed by atoms with E-state index >= 15 is 0 Å². The number of aryl methyl sites for hydroxylation is 2. The minimum absolute atomic E-state index is 0.0261. The van der Waals surface area contributed by atoms with Gasteiger partial charge >= 0.3 is 0 Å². The summed E-state index contributed by atoms with van der Waals surface area (Å²) in [6, 6.07) is 12.5. The third-order valence-electron chi connectivity index (χ3n) is 3.43. The monoisotopic (exact) mass is 284 g/mol. The van der Waals surface area contributed by atoms with Gasteiger partial charge in [0, 0.05) is 24.3 Å². The average molecular weight is 284 g/mol. The molecule has 0 radical (unpaired) electrons. The molecule has 4 nitrogen and oxygen atoms in total. The van der Waals surface area contributed by atoms with Gasteiger partial charge in [0.25, 0.3) is 0 Å². The molecule has 0 aliphatic heterocycles. The lowest BCUT2D eigenvalue weighted by atomic mass is 9.95. The summed E-state index contributed by atoms with van der Waals surface area (Å²) in [6.45, 7) is 6.38. The van der Waals surface area contributed by atoms with E-state index in [9.17, 15) is 0 Å². The summed E-state index contributed by atoms with van der Waals surface area (Å²) in [5, 5.41) is 6.50. The van der Waals surface area contributed by atoms with E-state index < -0.39 is 0 Å². The lowest BCUT2D eigenvalue weighted by Gasteiger charge is -2.27. The molecule has 2 rings (SSSR count). The van der Waals surface area contributed by atoms with Gasteiger partial charge in [-0.05, 0) is 39.2 Å². The fourth-order valence-corrected chi connectivity index (χ4v) is 2.26. The van der Waals surface area contributed by atoms with Crippen molar-refractivity contribution in [2.45, 2.75) is 39.2 Å². The Morgan fingerprint density at radius 2 is 1.81 bits per heavy atom. The van der Waals surface area contributed by atoms with Crippen LogP contribution in [0.15, 0.2) is 36.4 Å². The Kier molecular flexibility index (Phi) is 4.78. The van der Waals surface area contributed by atoms with Gasteiger partial charge in [0.1, 0.15) is 5.82 Å². The van der Waals surface area contributed by atoms with Crippen molar-refractivity contribution in [1.82, 2.24) is 9.97 Å². The molecule has 0 aliphatic rings. The van der Waals surface area contributed by atoms with Gasteiger partial charge in [-0.15, -0.1) is 0 Å². The number of aromatic nitrogens is 2. The fraction of sp³-hybridized carbons (Fsp3) is 0.412. The van der Waals surface area contributed by atoms with Crippen molar-refractivity contribution in [1.29, 1.82) is 0 Å². The maximum Gasteiger partial charge on any atom is 0.224 e. The van der Waals surface area contributed by atoms with Crippen molar-refractivity contribution in [3.05, 3.63) is 47.7 Å². The summed E-state index contributed by atoms with van der Waals surface area (Å²) in [5.74, 6) is 1.52. The van der Waals surface area contributed by atoms with Crippen LogP contribution in [0.2, 0.25) is 0 Å². The number of nitrogens with one attached hydrogen (secondary N) is 2. The zero-order valence-electron chi connectivity index (χ0n) is 13.3. The first kappa shape index (κ1) is 15.3. The van der Waals surface area contributed by atoms with E-state index in [1.165, 1.54) is 5.56 Å². The van der Waals surface area contributed by atoms with Gasteiger partial charge < -0.3 is 10.6 Å². The number of hydrogen-bond acceptors (Lipinski definition) is 4. The second kappa shape index (κ2) is 6.57. The first-order valence-electron chi connectivity index (χ1n) is 7.34. The molecule has 0 unspecified atom stereocenters. The Labute approximate surface area is 127 Å². The molecule has 0 amide bonds. The van der Waals surface area contributed by atoms with Gasteiger partial charge in [0.05, 0.1) is 0 Å². The minimum atomic E-state index is -0.0261. The molecule has 2 aromatic rings. The topological polar surface area (TPSA) is 49.8 Å². The van der Waals surface area contributed by atoms with Gasteiger partial charge in [0.2, 0.25) is 5.95 Å². The number of hydrogen-bond donors (Lipinski definition) is 2. The third kappa shape index (κ3) is 4.74. The van der Waals surface area contributed by atoms with Crippen LogP contribution in [0, 0.1) is 6.92 Å². The SMILES string of the molecule is CNc1nc(C)cc(NC(C)(C)CCc2ccccc2)n1. The van der Waals surface area contributed by atoms with Crippen LogP contribution in [0.3, 0.4) is 0 Å². The average Bonchev–Trinajstić information content (AvgIpc) is 2.45. The molecule has 112 valence electrons. The van der Waals surface area contributed by atoms with Crippen molar-refractivity contribution >= 4 is 11.8 Å². The zero-order valence-corrected chi connectivity index (χ0v) is 13.3. The summed E-state index contributed by atoms with van der Waals surface area (Å²) in [5.41, 5.74) is 2.29. The Morgan fingerprint density at radius 1 is 1.10 bits per heavy atom. The fourth-order valence-electron chi connectivity index (χ4n) is 2.26. The zero-order chi connectivity index (χ0) is 15.3. The molecule has 0 bridgehead atoms. The van der Waals surface area contributed by atoms with Gasteiger partial charge in [0.15, 0.2) is 0 Å². The van der Waals surface area contributed by atoms with E-state index in [-0.39, 0.29) is 5.54 Å². The lowest BCUT2D eigenvalue weighted by Crippen LogP contribution is -2.32. The van der Waals surface area contributed by atoms with Crippen molar-refractivity contribution in [2.75, 3.05) is 17.7 Å². The molecule has 1 heterocycles. The summed E-state index contributed by atoms with van der Waals surface area (Å²) in [7, 11) is 1.83. The predicted molar refractivity (Wildman–Crippen MR) is 88.8 cm³/mol. The maximum atomic E-state index is 4.46. The molecule has 1 aromatic carbocycles. The van der Waals surface area contributed by atoms with E-state index in [2.05, 4.69) is 64.8 Å². The van der Waals surface area contributed by atoms with Crippen LogP contribution in [0.1, 0.15) is 31.5 Å². The molecule has 2 N–H and O–H groups in total. The Hall–Kier alpha value is -2.10. The van der Waals surface area contributed by atoms with Gasteiger partial charge in [-0.25, -0.2) is 4.98 Å². The highest BCUT2D eigenvalue weighted by Crippen LogP contribution is 2.20. The number of benzene rings is 1. The van der Waals surface area contributed by atoms with E-state index in [4.69, 9.17) is 0 Å². The van der Waals surface area contributed by atoms with E-state index in [1.54, 1.807) is 0 Å². The molecule has 0 saturated carbocycles. The second-order valence-corrected chi connectivity index (χ2v) is 5.96. The maximum absolute atomic E-state index is 4.46. The second-order valence-electron chi connectivity index (χ2n) is 5.96. The molecule has 0 fully saturated rings. The van der Waals surface area contributed by atoms with E-state index in [0.717, 1.165) is 24.4 Å². The predicted octanol–water partition coefficient (Wildman–Crippen LogP) is 3.65.